The first-order chi connectivity index (χ1) is 15.7. The number of hydrogen-bond donors (Lipinski definition) is 0. The lowest BCUT2D eigenvalue weighted by Gasteiger charge is -2.49. The highest BCUT2D eigenvalue weighted by molar-refractivity contribution is 6.70. The minimum Gasteiger partial charge on any atom is -0.413 e. The molecule has 0 heterocycles. The van der Waals surface area contributed by atoms with Crippen LogP contribution in [0.4, 0.5) is 0 Å². The zero-order valence-electron chi connectivity index (χ0n) is 25.7. The van der Waals surface area contributed by atoms with E-state index in [2.05, 4.69) is 80.8 Å². The van der Waals surface area contributed by atoms with E-state index in [0.717, 1.165) is 32.1 Å². The summed E-state index contributed by atoms with van der Waals surface area (Å²) < 4.78 is 13.1. The fourth-order valence-electron chi connectivity index (χ4n) is 8.14. The van der Waals surface area contributed by atoms with Crippen molar-refractivity contribution in [3.8, 4) is 0 Å². The van der Waals surface area contributed by atoms with Crippen LogP contribution in [-0.4, -0.2) is 33.6 Å². The van der Waals surface area contributed by atoms with Crippen LogP contribution in [0.1, 0.15) is 112 Å². The second-order valence-electron chi connectivity index (χ2n) is 15.8. The van der Waals surface area contributed by atoms with E-state index < -0.39 is 16.6 Å². The monoisotopic (exact) mass is 524 g/mol. The van der Waals surface area contributed by atoms with Crippen LogP contribution in [0.25, 0.3) is 0 Å². The molecule has 2 fully saturated rings. The SMILES string of the molecule is CC(C)(CCCC(C)(CCCC(C)(C)O[Si](C)(C)C)C1CCC2C(=O)CCC[C@@]21C)O[Si](C)(C)C. The molecule has 2 unspecified atom stereocenters. The van der Waals surface area contributed by atoms with Crippen molar-refractivity contribution in [1.82, 2.24) is 0 Å². The van der Waals surface area contributed by atoms with Crippen molar-refractivity contribution in [1.29, 1.82) is 0 Å². The number of Topliss-reactive ketones (excluding diaryl/α,β-unsaturated/α-hetero) is 1. The molecule has 0 bridgehead atoms. The van der Waals surface area contributed by atoms with Gasteiger partial charge in [0.15, 0.2) is 16.6 Å². The molecule has 2 aliphatic rings. The van der Waals surface area contributed by atoms with Crippen molar-refractivity contribution < 1.29 is 13.6 Å². The lowest BCUT2D eigenvalue weighted by molar-refractivity contribution is -0.131. The van der Waals surface area contributed by atoms with Gasteiger partial charge in [-0.25, -0.2) is 0 Å². The van der Waals surface area contributed by atoms with Crippen LogP contribution in [0.15, 0.2) is 0 Å². The fourth-order valence-corrected chi connectivity index (χ4v) is 11.7. The lowest BCUT2D eigenvalue weighted by Crippen LogP contribution is -2.44. The first kappa shape index (κ1) is 31.2. The molecule has 0 spiro atoms. The summed E-state index contributed by atoms with van der Waals surface area (Å²) >= 11 is 0. The zero-order chi connectivity index (χ0) is 26.9. The van der Waals surface area contributed by atoms with Gasteiger partial charge in [-0.1, -0.05) is 26.7 Å². The highest BCUT2D eigenvalue weighted by atomic mass is 28.4. The van der Waals surface area contributed by atoms with Gasteiger partial charge in [0, 0.05) is 12.3 Å². The topological polar surface area (TPSA) is 35.5 Å². The standard InChI is InChI=1S/C30H60O3Si2/c1-27(2,32-34(7,8)9)19-14-21-29(5,22-15-20-28(3,4)33-35(10,11)12)26-18-17-24-25(31)16-13-23-30(24,26)6/h24,26H,13-23H2,1-12H3/t24?,26?,30-/m0/s1. The Morgan fingerprint density at radius 2 is 1.26 bits per heavy atom. The van der Waals surface area contributed by atoms with Gasteiger partial charge in [0.2, 0.25) is 0 Å². The predicted octanol–water partition coefficient (Wildman–Crippen LogP) is 9.38. The van der Waals surface area contributed by atoms with E-state index in [0.29, 0.717) is 17.6 Å². The van der Waals surface area contributed by atoms with E-state index in [-0.39, 0.29) is 22.0 Å². The Labute approximate surface area is 221 Å². The molecule has 5 heteroatoms. The summed E-state index contributed by atoms with van der Waals surface area (Å²) in [6, 6.07) is 0. The summed E-state index contributed by atoms with van der Waals surface area (Å²) in [6.45, 7) is 27.9. The third-order valence-corrected chi connectivity index (χ3v) is 11.3. The number of hydrogen-bond acceptors (Lipinski definition) is 3. The van der Waals surface area contributed by atoms with Gasteiger partial charge in [0.05, 0.1) is 11.2 Å². The normalized spacial score (nSPS) is 26.8. The predicted molar refractivity (Wildman–Crippen MR) is 156 cm³/mol. The molecule has 0 N–H and O–H groups in total. The molecule has 0 aromatic carbocycles. The molecule has 0 aromatic rings. The van der Waals surface area contributed by atoms with E-state index >= 15 is 0 Å². The number of rotatable bonds is 13. The third kappa shape index (κ3) is 9.07. The maximum Gasteiger partial charge on any atom is 0.184 e. The van der Waals surface area contributed by atoms with Crippen molar-refractivity contribution in [2.75, 3.05) is 0 Å². The average Bonchev–Trinajstić information content (AvgIpc) is 2.96. The van der Waals surface area contributed by atoms with Crippen LogP contribution in [0.5, 0.6) is 0 Å². The molecule has 35 heavy (non-hydrogen) atoms. The Morgan fingerprint density at radius 1 is 0.800 bits per heavy atom. The molecule has 0 saturated heterocycles. The largest absolute Gasteiger partial charge is 0.413 e. The average molecular weight is 525 g/mol. The number of ketones is 1. The van der Waals surface area contributed by atoms with E-state index in [4.69, 9.17) is 8.85 Å². The van der Waals surface area contributed by atoms with E-state index in [9.17, 15) is 4.79 Å². The van der Waals surface area contributed by atoms with Crippen molar-refractivity contribution in [2.24, 2.45) is 22.7 Å². The lowest BCUT2D eigenvalue weighted by atomic mass is 9.56. The second-order valence-corrected chi connectivity index (χ2v) is 24.7. The van der Waals surface area contributed by atoms with Crippen LogP contribution >= 0.6 is 0 Å². The molecule has 0 aromatic heterocycles. The summed E-state index contributed by atoms with van der Waals surface area (Å²) in [5.41, 5.74) is 0.354. The highest BCUT2D eigenvalue weighted by Crippen LogP contribution is 2.62. The minimum absolute atomic E-state index is 0.0541. The number of carbonyl (C=O) groups is 1. The quantitative estimate of drug-likeness (QED) is 0.225. The molecule has 2 rings (SSSR count). The molecule has 2 aliphatic carbocycles. The Morgan fingerprint density at radius 3 is 1.69 bits per heavy atom. The van der Waals surface area contributed by atoms with Crippen molar-refractivity contribution in [3.63, 3.8) is 0 Å². The van der Waals surface area contributed by atoms with Gasteiger partial charge in [0.1, 0.15) is 5.78 Å². The van der Waals surface area contributed by atoms with Gasteiger partial charge in [-0.2, -0.15) is 0 Å². The van der Waals surface area contributed by atoms with Crippen LogP contribution in [0, 0.1) is 22.7 Å². The molecule has 3 nitrogen and oxygen atoms in total. The number of fused-ring (bicyclic) bond motifs is 1. The molecular formula is C30H60O3Si2. The maximum absolute atomic E-state index is 12.9. The van der Waals surface area contributed by atoms with E-state index in [1.165, 1.54) is 38.5 Å². The fraction of sp³-hybridized carbons (Fsp3) is 0.967. The van der Waals surface area contributed by atoms with E-state index in [1.807, 2.05) is 0 Å². The summed E-state index contributed by atoms with van der Waals surface area (Å²) in [6.07, 6.45) is 12.6. The first-order valence-electron chi connectivity index (χ1n) is 14.6. The Bertz CT molecular complexity index is 682. The summed E-state index contributed by atoms with van der Waals surface area (Å²) in [5, 5.41) is 0. The molecule has 206 valence electrons. The highest BCUT2D eigenvalue weighted by Gasteiger charge is 2.56. The summed E-state index contributed by atoms with van der Waals surface area (Å²) in [5.74, 6) is 1.50. The Hall–Kier alpha value is 0.0238. The molecule has 0 amide bonds. The molecule has 0 radical (unpaired) electrons. The minimum atomic E-state index is -1.57. The van der Waals surface area contributed by atoms with Crippen molar-refractivity contribution >= 4 is 22.4 Å². The molecule has 3 atom stereocenters. The van der Waals surface area contributed by atoms with Crippen LogP contribution in [0.2, 0.25) is 39.3 Å². The molecule has 2 saturated carbocycles. The summed E-state index contributed by atoms with van der Waals surface area (Å²) in [7, 11) is -3.13. The molecule has 0 aliphatic heterocycles. The van der Waals surface area contributed by atoms with E-state index in [1.54, 1.807) is 0 Å². The van der Waals surface area contributed by atoms with Gasteiger partial charge in [-0.05, 0) is 135 Å². The number of carbonyl (C=O) groups excluding carboxylic acids is 1. The van der Waals surface area contributed by atoms with Crippen LogP contribution in [-0.2, 0) is 13.6 Å². The maximum atomic E-state index is 12.9. The Kier molecular flexibility index (Phi) is 9.84. The molecular weight excluding hydrogens is 464 g/mol. The third-order valence-electron chi connectivity index (χ3n) is 8.92. The first-order valence-corrected chi connectivity index (χ1v) is 21.4. The van der Waals surface area contributed by atoms with Crippen LogP contribution < -0.4 is 0 Å². The van der Waals surface area contributed by atoms with Gasteiger partial charge < -0.3 is 8.85 Å². The van der Waals surface area contributed by atoms with Gasteiger partial charge in [-0.15, -0.1) is 0 Å². The van der Waals surface area contributed by atoms with Crippen molar-refractivity contribution in [3.05, 3.63) is 0 Å². The van der Waals surface area contributed by atoms with Crippen molar-refractivity contribution in [2.45, 2.75) is 163 Å². The zero-order valence-corrected chi connectivity index (χ0v) is 27.7. The Balaban J connectivity index is 2.16. The smallest absolute Gasteiger partial charge is 0.184 e. The van der Waals surface area contributed by atoms with Gasteiger partial charge >= 0.3 is 0 Å². The van der Waals surface area contributed by atoms with Gasteiger partial charge in [0.25, 0.3) is 0 Å². The van der Waals surface area contributed by atoms with Crippen LogP contribution in [0.3, 0.4) is 0 Å². The summed E-state index contributed by atoms with van der Waals surface area (Å²) in [4.78, 5) is 12.9. The second kappa shape index (κ2) is 11.0. The van der Waals surface area contributed by atoms with Gasteiger partial charge in [-0.3, -0.25) is 4.79 Å².